The number of pyridine rings is 2. The summed E-state index contributed by atoms with van der Waals surface area (Å²) in [6, 6.07) is 7.12. The number of hydrogen-bond acceptors (Lipinski definition) is 7. The molecule has 2 N–H and O–H groups in total. The van der Waals surface area contributed by atoms with E-state index in [1.807, 2.05) is 34.2 Å². The number of carbonyl (C=O) groups excluding carboxylic acids is 1. The van der Waals surface area contributed by atoms with E-state index in [0.29, 0.717) is 23.2 Å². The number of aromatic nitrogens is 3. The fraction of sp³-hybridized carbons (Fsp3) is 0.462. The van der Waals surface area contributed by atoms with E-state index in [-0.39, 0.29) is 36.0 Å². The molecule has 182 valence electrons. The Morgan fingerprint density at radius 2 is 2.06 bits per heavy atom. The van der Waals surface area contributed by atoms with Gasteiger partial charge >= 0.3 is 0 Å². The Morgan fingerprint density at radius 1 is 1.20 bits per heavy atom. The van der Waals surface area contributed by atoms with Crippen LogP contribution in [0.4, 0.5) is 5.13 Å². The van der Waals surface area contributed by atoms with E-state index in [9.17, 15) is 14.7 Å². The van der Waals surface area contributed by atoms with Crippen LogP contribution in [0.2, 0.25) is 0 Å². The molecule has 1 saturated carbocycles. The quantitative estimate of drug-likeness (QED) is 0.550. The topological polar surface area (TPSA) is 100 Å². The highest BCUT2D eigenvalue weighted by atomic mass is 32.1. The van der Waals surface area contributed by atoms with Gasteiger partial charge in [0.15, 0.2) is 5.13 Å². The van der Waals surface area contributed by atoms with Crippen LogP contribution >= 0.6 is 11.3 Å². The number of thiazole rings is 1. The van der Waals surface area contributed by atoms with Crippen molar-refractivity contribution in [2.75, 3.05) is 18.5 Å². The van der Waals surface area contributed by atoms with Gasteiger partial charge in [-0.2, -0.15) is 0 Å². The van der Waals surface area contributed by atoms with E-state index >= 15 is 0 Å². The maximum atomic E-state index is 13.5. The second kappa shape index (κ2) is 9.29. The second-order valence-corrected chi connectivity index (χ2v) is 10.8. The predicted molar refractivity (Wildman–Crippen MR) is 134 cm³/mol. The summed E-state index contributed by atoms with van der Waals surface area (Å²) in [7, 11) is 0. The number of nitrogens with zero attached hydrogens (tertiary/aromatic N) is 4. The average Bonchev–Trinajstić information content (AvgIpc) is 3.66. The summed E-state index contributed by atoms with van der Waals surface area (Å²) in [5.74, 6) is 0.138. The summed E-state index contributed by atoms with van der Waals surface area (Å²) in [6.45, 7) is 1.20. The number of nitrogens with one attached hydrogen (secondary N) is 1. The number of fused-ring (bicyclic) bond motifs is 3. The lowest BCUT2D eigenvalue weighted by molar-refractivity contribution is -0.122. The van der Waals surface area contributed by atoms with E-state index in [0.717, 1.165) is 30.6 Å². The van der Waals surface area contributed by atoms with Crippen molar-refractivity contribution < 1.29 is 9.90 Å². The first-order chi connectivity index (χ1) is 17.2. The maximum Gasteiger partial charge on any atom is 0.258 e. The highest BCUT2D eigenvalue weighted by molar-refractivity contribution is 7.13. The van der Waals surface area contributed by atoms with E-state index in [1.54, 1.807) is 18.6 Å². The van der Waals surface area contributed by atoms with Gasteiger partial charge in [-0.05, 0) is 37.0 Å². The lowest BCUT2D eigenvalue weighted by Gasteiger charge is -2.32. The maximum absolute atomic E-state index is 13.5. The zero-order valence-corrected chi connectivity index (χ0v) is 20.2. The Hall–Kier alpha value is -2.88. The van der Waals surface area contributed by atoms with Crippen molar-refractivity contribution in [1.82, 2.24) is 19.4 Å². The Bertz CT molecular complexity index is 1260. The number of aliphatic hydroxyl groups excluding tert-OH is 1. The van der Waals surface area contributed by atoms with Crippen molar-refractivity contribution in [3.05, 3.63) is 64.3 Å². The first-order valence-corrected chi connectivity index (χ1v) is 13.2. The molecule has 1 saturated heterocycles. The molecule has 0 bridgehead atoms. The molecular formula is C26H29N5O3S. The molecule has 8 nitrogen and oxygen atoms in total. The molecule has 6 rings (SSSR count). The molecule has 1 aliphatic carbocycles. The summed E-state index contributed by atoms with van der Waals surface area (Å²) in [5, 5.41) is 15.9. The summed E-state index contributed by atoms with van der Waals surface area (Å²) in [4.78, 5) is 37.7. The van der Waals surface area contributed by atoms with Crippen LogP contribution in [0.15, 0.2) is 53.0 Å². The van der Waals surface area contributed by atoms with Crippen LogP contribution in [0.5, 0.6) is 0 Å². The normalized spacial score (nSPS) is 26.1. The molecule has 3 aromatic rings. The monoisotopic (exact) mass is 491 g/mol. The summed E-state index contributed by atoms with van der Waals surface area (Å²) in [5.41, 5.74) is 2.33. The van der Waals surface area contributed by atoms with Crippen molar-refractivity contribution in [2.45, 2.75) is 44.3 Å². The zero-order chi connectivity index (χ0) is 23.9. The molecule has 0 radical (unpaired) electrons. The van der Waals surface area contributed by atoms with Gasteiger partial charge in [0.1, 0.15) is 0 Å². The third-order valence-electron chi connectivity index (χ3n) is 8.04. The zero-order valence-electron chi connectivity index (χ0n) is 19.4. The van der Waals surface area contributed by atoms with Crippen LogP contribution < -0.4 is 10.9 Å². The second-order valence-electron chi connectivity index (χ2n) is 9.90. The van der Waals surface area contributed by atoms with Crippen LogP contribution in [-0.4, -0.2) is 49.6 Å². The Morgan fingerprint density at radius 3 is 2.77 bits per heavy atom. The van der Waals surface area contributed by atoms with Gasteiger partial charge in [-0.25, -0.2) is 4.98 Å². The first-order valence-electron chi connectivity index (χ1n) is 12.4. The largest absolute Gasteiger partial charge is 0.396 e. The number of amides is 1. The molecular weight excluding hydrogens is 462 g/mol. The van der Waals surface area contributed by atoms with Gasteiger partial charge in [0, 0.05) is 72.3 Å². The number of anilines is 1. The van der Waals surface area contributed by atoms with E-state index < -0.39 is 6.04 Å². The third kappa shape index (κ3) is 3.91. The number of aliphatic hydroxyl groups is 1. The number of likely N-dealkylation sites (tertiary alicyclic amines) is 1. The Kier molecular flexibility index (Phi) is 5.99. The van der Waals surface area contributed by atoms with Gasteiger partial charge in [-0.15, -0.1) is 11.3 Å². The van der Waals surface area contributed by atoms with Crippen LogP contribution in [0.25, 0.3) is 11.1 Å². The fourth-order valence-corrected chi connectivity index (χ4v) is 7.04. The van der Waals surface area contributed by atoms with Crippen LogP contribution in [-0.2, 0) is 11.3 Å². The van der Waals surface area contributed by atoms with Gasteiger partial charge in [0.05, 0.1) is 12.1 Å². The van der Waals surface area contributed by atoms with Crippen LogP contribution in [0.1, 0.15) is 37.4 Å². The molecule has 3 aromatic heterocycles. The minimum Gasteiger partial charge on any atom is -0.396 e. The van der Waals surface area contributed by atoms with Gasteiger partial charge < -0.3 is 15.0 Å². The van der Waals surface area contributed by atoms with E-state index in [2.05, 4.69) is 20.2 Å². The molecule has 4 atom stereocenters. The van der Waals surface area contributed by atoms with E-state index in [4.69, 9.17) is 0 Å². The van der Waals surface area contributed by atoms with Crippen molar-refractivity contribution in [3.63, 3.8) is 0 Å². The lowest BCUT2D eigenvalue weighted by atomic mass is 9.88. The molecule has 1 amide bonds. The molecule has 2 fully saturated rings. The molecule has 5 heterocycles. The van der Waals surface area contributed by atoms with Crippen molar-refractivity contribution in [1.29, 1.82) is 0 Å². The van der Waals surface area contributed by atoms with Gasteiger partial charge in [-0.3, -0.25) is 19.5 Å². The summed E-state index contributed by atoms with van der Waals surface area (Å²) in [6.07, 6.45) is 9.83. The minimum atomic E-state index is -0.457. The highest BCUT2D eigenvalue weighted by Crippen LogP contribution is 2.50. The third-order valence-corrected chi connectivity index (χ3v) is 8.73. The molecule has 0 aromatic carbocycles. The van der Waals surface area contributed by atoms with Crippen molar-refractivity contribution in [3.8, 4) is 11.1 Å². The highest BCUT2D eigenvalue weighted by Gasteiger charge is 2.56. The molecule has 9 heteroatoms. The van der Waals surface area contributed by atoms with Gasteiger partial charge in [0.2, 0.25) is 5.91 Å². The molecule has 0 unspecified atom stereocenters. The summed E-state index contributed by atoms with van der Waals surface area (Å²) >= 11 is 1.39. The number of carbonyl (C=O) groups is 1. The van der Waals surface area contributed by atoms with Gasteiger partial charge in [0.25, 0.3) is 5.56 Å². The van der Waals surface area contributed by atoms with Crippen LogP contribution in [0.3, 0.4) is 0 Å². The van der Waals surface area contributed by atoms with Crippen molar-refractivity contribution >= 4 is 22.4 Å². The summed E-state index contributed by atoms with van der Waals surface area (Å²) < 4.78 is 1.86. The predicted octanol–water partition coefficient (Wildman–Crippen LogP) is 3.16. The number of hydrogen-bond donors (Lipinski definition) is 2. The average molecular weight is 492 g/mol. The van der Waals surface area contributed by atoms with Crippen molar-refractivity contribution in [2.24, 2.45) is 17.8 Å². The smallest absolute Gasteiger partial charge is 0.258 e. The Labute approximate surface area is 207 Å². The molecule has 0 spiro atoms. The van der Waals surface area contributed by atoms with Gasteiger partial charge in [-0.1, -0.05) is 18.9 Å². The standard InChI is InChI=1S/C26H29N5O3S/c32-15-20-19-14-30-21(8-7-18(25(30)34)17-6-3-9-27-12-17)22(19)31(13-16-4-1-2-5-16)23(20)24(33)29-26-28-10-11-35-26/h3,6-12,16,19-20,22-23,32H,1-2,4-5,13-15H2,(H,28,29,33)/t19-,20-,22+,23-/m0/s1. The minimum absolute atomic E-state index is 0.00898. The molecule has 3 aliphatic rings. The lowest BCUT2D eigenvalue weighted by Crippen LogP contribution is -2.47. The SMILES string of the molecule is O=C(Nc1nccs1)[C@@H]1[C@@H](CO)[C@@H]2Cn3c(ccc(-c4cccnc4)c3=O)[C@@H]2N1CC1CCCC1. The van der Waals surface area contributed by atoms with E-state index in [1.165, 1.54) is 24.2 Å². The fourth-order valence-electron chi connectivity index (χ4n) is 6.51. The first kappa shape index (κ1) is 22.6. The Balaban J connectivity index is 1.39. The number of rotatable bonds is 6. The molecule has 35 heavy (non-hydrogen) atoms. The molecule has 2 aliphatic heterocycles. The van der Waals surface area contributed by atoms with Crippen LogP contribution in [0, 0.1) is 17.8 Å².